The van der Waals surface area contributed by atoms with Crippen LogP contribution >= 0.6 is 0 Å². The molecule has 1 saturated heterocycles. The summed E-state index contributed by atoms with van der Waals surface area (Å²) in [7, 11) is 3.96. The Morgan fingerprint density at radius 1 is 1.11 bits per heavy atom. The van der Waals surface area contributed by atoms with Gasteiger partial charge in [0, 0.05) is 38.4 Å². The fraction of sp³-hybridized carbons (Fsp3) is 0.286. The predicted molar refractivity (Wildman–Crippen MR) is 107 cm³/mol. The largest absolute Gasteiger partial charge is 0.487 e. The van der Waals surface area contributed by atoms with Gasteiger partial charge in [0.25, 0.3) is 5.91 Å². The van der Waals surface area contributed by atoms with Gasteiger partial charge in [-0.25, -0.2) is 4.68 Å². The van der Waals surface area contributed by atoms with Crippen LogP contribution in [0.5, 0.6) is 5.75 Å². The SMILES string of the molecule is CN(C)c1ccc(C(=O)N2CC(n3cc(COc4ccccc4)nn3)C2)cc1. The van der Waals surface area contributed by atoms with Gasteiger partial charge in [-0.1, -0.05) is 23.4 Å². The third kappa shape index (κ3) is 3.83. The predicted octanol–water partition coefficient (Wildman–Crippen LogP) is 2.62. The number of ether oxygens (including phenoxy) is 1. The van der Waals surface area contributed by atoms with E-state index in [0.717, 1.165) is 17.1 Å². The normalized spacial score (nSPS) is 13.9. The highest BCUT2D eigenvalue weighted by Gasteiger charge is 2.33. The van der Waals surface area contributed by atoms with Crippen LogP contribution in [0.1, 0.15) is 22.1 Å². The third-order valence-electron chi connectivity index (χ3n) is 4.84. The quantitative estimate of drug-likeness (QED) is 0.661. The number of amides is 1. The lowest BCUT2D eigenvalue weighted by Gasteiger charge is -2.38. The smallest absolute Gasteiger partial charge is 0.254 e. The van der Waals surface area contributed by atoms with E-state index >= 15 is 0 Å². The molecule has 144 valence electrons. The van der Waals surface area contributed by atoms with E-state index in [1.54, 1.807) is 0 Å². The maximum atomic E-state index is 12.6. The average Bonchev–Trinajstić information content (AvgIpc) is 3.14. The zero-order valence-electron chi connectivity index (χ0n) is 16.0. The van der Waals surface area contributed by atoms with E-state index in [1.807, 2.05) is 89.4 Å². The van der Waals surface area contributed by atoms with Crippen LogP contribution in [0.3, 0.4) is 0 Å². The van der Waals surface area contributed by atoms with Crippen molar-refractivity contribution in [2.75, 3.05) is 32.1 Å². The van der Waals surface area contributed by atoms with Crippen LogP contribution in [0.4, 0.5) is 5.69 Å². The number of hydrogen-bond donors (Lipinski definition) is 0. The van der Waals surface area contributed by atoms with Gasteiger partial charge in [-0.3, -0.25) is 4.79 Å². The maximum Gasteiger partial charge on any atom is 0.254 e. The highest BCUT2D eigenvalue weighted by atomic mass is 16.5. The molecule has 0 spiro atoms. The molecule has 0 unspecified atom stereocenters. The molecule has 7 nitrogen and oxygen atoms in total. The van der Waals surface area contributed by atoms with Crippen molar-refractivity contribution in [3.63, 3.8) is 0 Å². The number of aromatic nitrogens is 3. The Hall–Kier alpha value is -3.35. The molecule has 1 aliphatic rings. The van der Waals surface area contributed by atoms with E-state index in [-0.39, 0.29) is 11.9 Å². The van der Waals surface area contributed by atoms with E-state index in [1.165, 1.54) is 0 Å². The molecule has 4 rings (SSSR count). The molecule has 2 heterocycles. The lowest BCUT2D eigenvalue weighted by atomic mass is 10.1. The van der Waals surface area contributed by atoms with Gasteiger partial charge in [0.05, 0.1) is 12.2 Å². The topological polar surface area (TPSA) is 63.5 Å². The van der Waals surface area contributed by atoms with Crippen molar-refractivity contribution in [3.8, 4) is 5.75 Å². The second kappa shape index (κ2) is 7.72. The standard InChI is InChI=1S/C21H23N5O2/c1-24(2)18-10-8-16(9-11-18)21(27)25-13-19(14-25)26-12-17(22-23-26)15-28-20-6-4-3-5-7-20/h3-12,19H,13-15H2,1-2H3. The fourth-order valence-electron chi connectivity index (χ4n) is 3.11. The summed E-state index contributed by atoms with van der Waals surface area (Å²) in [6.07, 6.45) is 1.89. The number of rotatable bonds is 6. The van der Waals surface area contributed by atoms with E-state index < -0.39 is 0 Å². The number of likely N-dealkylation sites (tertiary alicyclic amines) is 1. The van der Waals surface area contributed by atoms with Crippen molar-refractivity contribution in [1.82, 2.24) is 19.9 Å². The Bertz CT molecular complexity index is 931. The first kappa shape index (κ1) is 18.0. The van der Waals surface area contributed by atoms with Gasteiger partial charge in [-0.15, -0.1) is 5.10 Å². The molecule has 0 atom stereocenters. The summed E-state index contributed by atoms with van der Waals surface area (Å²) in [5.74, 6) is 0.854. The van der Waals surface area contributed by atoms with Gasteiger partial charge >= 0.3 is 0 Å². The number of para-hydroxylation sites is 1. The van der Waals surface area contributed by atoms with E-state index in [2.05, 4.69) is 10.3 Å². The second-order valence-electron chi connectivity index (χ2n) is 7.10. The van der Waals surface area contributed by atoms with Crippen LogP contribution in [0.2, 0.25) is 0 Å². The maximum absolute atomic E-state index is 12.6. The van der Waals surface area contributed by atoms with Crippen LogP contribution in [-0.4, -0.2) is 53.0 Å². The minimum Gasteiger partial charge on any atom is -0.487 e. The summed E-state index contributed by atoms with van der Waals surface area (Å²) in [6, 6.07) is 17.4. The molecule has 1 amide bonds. The van der Waals surface area contributed by atoms with Crippen molar-refractivity contribution in [1.29, 1.82) is 0 Å². The zero-order valence-corrected chi connectivity index (χ0v) is 16.0. The summed E-state index contributed by atoms with van der Waals surface area (Å²) < 4.78 is 7.52. The van der Waals surface area contributed by atoms with E-state index in [4.69, 9.17) is 4.74 Å². The van der Waals surface area contributed by atoms with Crippen LogP contribution < -0.4 is 9.64 Å². The van der Waals surface area contributed by atoms with E-state index in [0.29, 0.717) is 25.3 Å². The number of anilines is 1. The monoisotopic (exact) mass is 377 g/mol. The summed E-state index contributed by atoms with van der Waals surface area (Å²) in [5.41, 5.74) is 2.55. The molecule has 1 aliphatic heterocycles. The molecule has 1 fully saturated rings. The first-order chi connectivity index (χ1) is 13.6. The van der Waals surface area contributed by atoms with Gasteiger partial charge in [-0.2, -0.15) is 0 Å². The van der Waals surface area contributed by atoms with Crippen LogP contribution in [0.15, 0.2) is 60.8 Å². The number of carbonyl (C=O) groups is 1. The Kier molecular flexibility index (Phi) is 4.97. The molecule has 1 aromatic heterocycles. The molecule has 0 radical (unpaired) electrons. The molecular formula is C21H23N5O2. The molecule has 0 N–H and O–H groups in total. The van der Waals surface area contributed by atoms with Crippen molar-refractivity contribution in [3.05, 3.63) is 72.1 Å². The highest BCUT2D eigenvalue weighted by Crippen LogP contribution is 2.23. The first-order valence-electron chi connectivity index (χ1n) is 9.25. The van der Waals surface area contributed by atoms with E-state index in [9.17, 15) is 4.79 Å². The number of carbonyl (C=O) groups excluding carboxylic acids is 1. The molecule has 0 saturated carbocycles. The minimum absolute atomic E-state index is 0.0503. The van der Waals surface area contributed by atoms with Crippen LogP contribution in [-0.2, 0) is 6.61 Å². The number of nitrogens with zero attached hydrogens (tertiary/aromatic N) is 5. The molecule has 0 aliphatic carbocycles. The molecule has 7 heteroatoms. The summed E-state index contributed by atoms with van der Waals surface area (Å²) in [4.78, 5) is 16.4. The Balaban J connectivity index is 1.30. The number of hydrogen-bond acceptors (Lipinski definition) is 5. The van der Waals surface area contributed by atoms with Crippen molar-refractivity contribution in [2.45, 2.75) is 12.6 Å². The second-order valence-corrected chi connectivity index (χ2v) is 7.10. The van der Waals surface area contributed by atoms with Crippen molar-refractivity contribution in [2.24, 2.45) is 0 Å². The van der Waals surface area contributed by atoms with Crippen molar-refractivity contribution >= 4 is 11.6 Å². The Morgan fingerprint density at radius 2 is 1.82 bits per heavy atom. The number of benzene rings is 2. The summed E-state index contributed by atoms with van der Waals surface area (Å²) in [6.45, 7) is 1.64. The summed E-state index contributed by atoms with van der Waals surface area (Å²) >= 11 is 0. The Morgan fingerprint density at radius 3 is 2.50 bits per heavy atom. The van der Waals surface area contributed by atoms with Gasteiger partial charge < -0.3 is 14.5 Å². The minimum atomic E-state index is 0.0503. The van der Waals surface area contributed by atoms with Gasteiger partial charge in [0.2, 0.25) is 0 Å². The molecule has 0 bridgehead atoms. The summed E-state index contributed by atoms with van der Waals surface area (Å²) in [5, 5.41) is 8.36. The van der Waals surface area contributed by atoms with Gasteiger partial charge in [-0.05, 0) is 36.4 Å². The highest BCUT2D eigenvalue weighted by molar-refractivity contribution is 5.95. The first-order valence-corrected chi connectivity index (χ1v) is 9.25. The zero-order chi connectivity index (χ0) is 19.5. The van der Waals surface area contributed by atoms with Crippen molar-refractivity contribution < 1.29 is 9.53 Å². The molecule has 28 heavy (non-hydrogen) atoms. The third-order valence-corrected chi connectivity index (χ3v) is 4.84. The fourth-order valence-corrected chi connectivity index (χ4v) is 3.11. The van der Waals surface area contributed by atoms with Crippen LogP contribution in [0.25, 0.3) is 0 Å². The van der Waals surface area contributed by atoms with Gasteiger partial charge in [0.1, 0.15) is 18.1 Å². The Labute approximate surface area is 164 Å². The lowest BCUT2D eigenvalue weighted by Crippen LogP contribution is -2.50. The lowest BCUT2D eigenvalue weighted by molar-refractivity contribution is 0.0498. The van der Waals surface area contributed by atoms with Gasteiger partial charge in [0.15, 0.2) is 0 Å². The molecule has 2 aromatic carbocycles. The molecule has 3 aromatic rings. The average molecular weight is 377 g/mol. The molecular weight excluding hydrogens is 354 g/mol. The van der Waals surface area contributed by atoms with Crippen LogP contribution in [0, 0.1) is 0 Å².